The molecule has 0 aliphatic rings. The third kappa shape index (κ3) is 2.92. The molecule has 0 bridgehead atoms. The molecule has 2 aromatic carbocycles. The molecule has 4 nitrogen and oxygen atoms in total. The number of carboxylic acids is 1. The number of nitrogens with zero attached hydrogens (tertiary/aromatic N) is 1. The molecule has 0 saturated carbocycles. The van der Waals surface area contributed by atoms with Crippen molar-refractivity contribution in [1.29, 1.82) is 0 Å². The van der Waals surface area contributed by atoms with Crippen LogP contribution in [-0.4, -0.2) is 29.3 Å². The van der Waals surface area contributed by atoms with E-state index in [1.165, 1.54) is 0 Å². The van der Waals surface area contributed by atoms with Crippen LogP contribution in [0.25, 0.3) is 0 Å². The van der Waals surface area contributed by atoms with Crippen LogP contribution in [-0.2, 0) is 0 Å². The third-order valence-electron chi connectivity index (χ3n) is 2.82. The van der Waals surface area contributed by atoms with E-state index in [9.17, 15) is 15.0 Å². The largest absolute Gasteiger partial charge is 0.478 e. The van der Waals surface area contributed by atoms with Crippen LogP contribution in [0, 0.1) is 0 Å². The molecule has 0 spiro atoms. The second kappa shape index (κ2) is 6.02. The highest BCUT2D eigenvalue weighted by Gasteiger charge is 2.16. The summed E-state index contributed by atoms with van der Waals surface area (Å²) in [6.07, 6.45) is 0. The zero-order chi connectivity index (χ0) is 13.7. The molecule has 0 atom stereocenters. The summed E-state index contributed by atoms with van der Waals surface area (Å²) in [5.74, 6) is -0.977. The second-order valence-corrected chi connectivity index (χ2v) is 4.03. The minimum Gasteiger partial charge on any atom is -0.478 e. The van der Waals surface area contributed by atoms with Crippen LogP contribution < -0.4 is 4.90 Å². The van der Waals surface area contributed by atoms with Gasteiger partial charge in [0.25, 0.3) is 0 Å². The number of carbonyl (C=O) groups is 1. The normalized spacial score (nSPS) is 10.2. The lowest BCUT2D eigenvalue weighted by Crippen LogP contribution is -2.23. The minimum absolute atomic E-state index is 0.0527. The Hall–Kier alpha value is -2.33. The van der Waals surface area contributed by atoms with E-state index in [0.29, 0.717) is 12.2 Å². The van der Waals surface area contributed by atoms with Gasteiger partial charge in [0.2, 0.25) is 0 Å². The molecule has 2 rings (SSSR count). The van der Waals surface area contributed by atoms with Gasteiger partial charge in [0.1, 0.15) is 0 Å². The first-order chi connectivity index (χ1) is 9.24. The molecule has 0 fully saturated rings. The fraction of sp³-hybridized carbons (Fsp3) is 0.133. The lowest BCUT2D eigenvalue weighted by atomic mass is 10.1. The number of anilines is 2. The maximum atomic E-state index is 11.3. The zero-order valence-corrected chi connectivity index (χ0v) is 10.4. The summed E-state index contributed by atoms with van der Waals surface area (Å²) in [5, 5.41) is 18.4. The van der Waals surface area contributed by atoms with Gasteiger partial charge in [-0.25, -0.2) is 4.79 Å². The number of hydrogen-bond donors (Lipinski definition) is 2. The second-order valence-electron chi connectivity index (χ2n) is 4.03. The first-order valence-electron chi connectivity index (χ1n) is 6.00. The fourth-order valence-corrected chi connectivity index (χ4v) is 1.99. The highest BCUT2D eigenvalue weighted by atomic mass is 16.4. The standard InChI is InChI=1S/C15H15NO3/c17-11-10-16(12-6-2-1-3-7-12)14-9-5-4-8-13(14)15(18)19/h1-9,17H,10-11H2,(H,18,19). The number of aliphatic hydroxyl groups excluding tert-OH is 1. The molecule has 0 aromatic heterocycles. The van der Waals surface area contributed by atoms with E-state index in [-0.39, 0.29) is 12.2 Å². The quantitative estimate of drug-likeness (QED) is 0.864. The topological polar surface area (TPSA) is 60.8 Å². The molecule has 0 aliphatic carbocycles. The number of hydrogen-bond acceptors (Lipinski definition) is 3. The van der Waals surface area contributed by atoms with Crippen LogP contribution in [0.5, 0.6) is 0 Å². The van der Waals surface area contributed by atoms with Gasteiger partial charge >= 0.3 is 5.97 Å². The monoisotopic (exact) mass is 257 g/mol. The molecule has 0 amide bonds. The van der Waals surface area contributed by atoms with Crippen molar-refractivity contribution >= 4 is 17.3 Å². The van der Waals surface area contributed by atoms with Gasteiger partial charge in [-0.05, 0) is 24.3 Å². The Labute approximate surface area is 111 Å². The van der Waals surface area contributed by atoms with E-state index in [2.05, 4.69) is 0 Å². The van der Waals surface area contributed by atoms with Crippen LogP contribution in [0.15, 0.2) is 54.6 Å². The van der Waals surface area contributed by atoms with Gasteiger partial charge in [-0.15, -0.1) is 0 Å². The van der Waals surface area contributed by atoms with E-state index < -0.39 is 5.97 Å². The Morgan fingerprint density at radius 1 is 1.00 bits per heavy atom. The highest BCUT2D eigenvalue weighted by molar-refractivity contribution is 5.95. The molecule has 4 heteroatoms. The molecule has 0 saturated heterocycles. The van der Waals surface area contributed by atoms with Gasteiger partial charge in [0.15, 0.2) is 0 Å². The Kier molecular flexibility index (Phi) is 4.15. The Morgan fingerprint density at radius 3 is 2.26 bits per heavy atom. The summed E-state index contributed by atoms with van der Waals surface area (Å²) < 4.78 is 0. The van der Waals surface area contributed by atoms with Gasteiger partial charge in [-0.1, -0.05) is 30.3 Å². The lowest BCUT2D eigenvalue weighted by molar-refractivity contribution is 0.0697. The van der Waals surface area contributed by atoms with Gasteiger partial charge in [-0.3, -0.25) is 0 Å². The number of aromatic carboxylic acids is 1. The van der Waals surface area contributed by atoms with Crippen molar-refractivity contribution in [2.24, 2.45) is 0 Å². The summed E-state index contributed by atoms with van der Waals surface area (Å²) in [6, 6.07) is 16.2. The number of carboxylic acid groups (broad SMARTS) is 1. The summed E-state index contributed by atoms with van der Waals surface area (Å²) in [6.45, 7) is 0.289. The fourth-order valence-electron chi connectivity index (χ4n) is 1.99. The SMILES string of the molecule is O=C(O)c1ccccc1N(CCO)c1ccccc1. The molecule has 0 aliphatic heterocycles. The van der Waals surface area contributed by atoms with Crippen LogP contribution in [0.4, 0.5) is 11.4 Å². The lowest BCUT2D eigenvalue weighted by Gasteiger charge is -2.25. The van der Waals surface area contributed by atoms with E-state index in [1.54, 1.807) is 29.2 Å². The predicted octanol–water partition coefficient (Wildman–Crippen LogP) is 2.52. The van der Waals surface area contributed by atoms with E-state index in [4.69, 9.17) is 0 Å². The van der Waals surface area contributed by atoms with Gasteiger partial charge in [0.05, 0.1) is 17.9 Å². The van der Waals surface area contributed by atoms with Crippen LogP contribution >= 0.6 is 0 Å². The Balaban J connectivity index is 2.48. The molecule has 2 aromatic rings. The number of aliphatic hydroxyl groups is 1. The molecule has 0 heterocycles. The molecule has 0 unspecified atom stereocenters. The Morgan fingerprint density at radius 2 is 1.63 bits per heavy atom. The van der Waals surface area contributed by atoms with Gasteiger partial charge in [0, 0.05) is 12.2 Å². The Bertz CT molecular complexity index is 554. The summed E-state index contributed by atoms with van der Waals surface area (Å²) in [4.78, 5) is 13.1. The average Bonchev–Trinajstić information content (AvgIpc) is 2.45. The third-order valence-corrected chi connectivity index (χ3v) is 2.82. The maximum Gasteiger partial charge on any atom is 0.337 e. The van der Waals surface area contributed by atoms with Crippen molar-refractivity contribution in [1.82, 2.24) is 0 Å². The molecular formula is C15H15NO3. The van der Waals surface area contributed by atoms with Crippen molar-refractivity contribution in [3.8, 4) is 0 Å². The molecular weight excluding hydrogens is 242 g/mol. The summed E-state index contributed by atoms with van der Waals surface area (Å²) >= 11 is 0. The van der Waals surface area contributed by atoms with Crippen molar-refractivity contribution in [2.75, 3.05) is 18.1 Å². The van der Waals surface area contributed by atoms with Gasteiger partial charge in [-0.2, -0.15) is 0 Å². The maximum absolute atomic E-state index is 11.3. The number of rotatable bonds is 5. The number of benzene rings is 2. The molecule has 2 N–H and O–H groups in total. The van der Waals surface area contributed by atoms with Crippen molar-refractivity contribution in [2.45, 2.75) is 0 Å². The van der Waals surface area contributed by atoms with E-state index in [1.807, 2.05) is 30.3 Å². The van der Waals surface area contributed by atoms with Crippen molar-refractivity contribution in [3.63, 3.8) is 0 Å². The summed E-state index contributed by atoms with van der Waals surface area (Å²) in [7, 11) is 0. The van der Waals surface area contributed by atoms with E-state index >= 15 is 0 Å². The summed E-state index contributed by atoms with van der Waals surface area (Å²) in [5.41, 5.74) is 1.65. The van der Waals surface area contributed by atoms with Crippen LogP contribution in [0.3, 0.4) is 0 Å². The molecule has 98 valence electrons. The van der Waals surface area contributed by atoms with E-state index in [0.717, 1.165) is 5.69 Å². The first-order valence-corrected chi connectivity index (χ1v) is 6.00. The predicted molar refractivity (Wildman–Crippen MR) is 73.9 cm³/mol. The highest BCUT2D eigenvalue weighted by Crippen LogP contribution is 2.28. The van der Waals surface area contributed by atoms with Crippen LogP contribution in [0.1, 0.15) is 10.4 Å². The van der Waals surface area contributed by atoms with Crippen molar-refractivity contribution < 1.29 is 15.0 Å². The number of para-hydroxylation sites is 2. The molecule has 0 radical (unpaired) electrons. The van der Waals surface area contributed by atoms with Crippen molar-refractivity contribution in [3.05, 3.63) is 60.2 Å². The average molecular weight is 257 g/mol. The van der Waals surface area contributed by atoms with Gasteiger partial charge < -0.3 is 15.1 Å². The smallest absolute Gasteiger partial charge is 0.337 e. The van der Waals surface area contributed by atoms with Crippen LogP contribution in [0.2, 0.25) is 0 Å². The minimum atomic E-state index is -0.977. The molecule has 19 heavy (non-hydrogen) atoms. The first kappa shape index (κ1) is 13.1. The zero-order valence-electron chi connectivity index (χ0n) is 10.4.